The third-order valence-corrected chi connectivity index (χ3v) is 4.64. The van der Waals surface area contributed by atoms with Gasteiger partial charge in [0.2, 0.25) is 0 Å². The number of hydrogen-bond acceptors (Lipinski definition) is 6. The van der Waals surface area contributed by atoms with Gasteiger partial charge in [0.25, 0.3) is 0 Å². The van der Waals surface area contributed by atoms with E-state index in [0.29, 0.717) is 0 Å². The van der Waals surface area contributed by atoms with Crippen molar-refractivity contribution in [3.05, 3.63) is 41.7 Å². The average molecular weight is 317 g/mol. The molecule has 0 saturated heterocycles. The van der Waals surface area contributed by atoms with Crippen molar-refractivity contribution >= 4 is 34.8 Å². The number of nitrogens with two attached hydrogens (primary N) is 1. The van der Waals surface area contributed by atoms with Crippen LogP contribution in [0.4, 0.5) is 11.5 Å². The Balaban J connectivity index is 1.94. The molecule has 0 atom stereocenters. The molecule has 0 saturated carbocycles. The Kier molecular flexibility index (Phi) is 3.96. The molecule has 3 N–H and O–H groups in total. The smallest absolute Gasteiger partial charge is 0.152 e. The minimum absolute atomic E-state index is 0.812. The second-order valence-corrected chi connectivity index (χ2v) is 6.13. The van der Waals surface area contributed by atoms with Gasteiger partial charge in [-0.1, -0.05) is 6.07 Å². The van der Waals surface area contributed by atoms with Gasteiger partial charge in [0.15, 0.2) is 5.82 Å². The van der Waals surface area contributed by atoms with E-state index < -0.39 is 0 Å². The van der Waals surface area contributed by atoms with Crippen molar-refractivity contribution in [2.24, 2.45) is 12.2 Å². The van der Waals surface area contributed by atoms with E-state index in [-0.39, 0.29) is 0 Å². The molecule has 0 aliphatic rings. The minimum Gasteiger partial charge on any atom is -0.339 e. The number of aromatic nitrogens is 3. The van der Waals surface area contributed by atoms with Crippen LogP contribution in [-0.4, -0.2) is 14.8 Å². The molecular weight excluding hydrogens is 302 g/mol. The SMILES string of the molecule is Cc1ncsc1-c1ccc(Nc2ccn(C)n2)cc1SN. The highest BCUT2D eigenvalue weighted by molar-refractivity contribution is 7.97. The minimum atomic E-state index is 0.812. The van der Waals surface area contributed by atoms with Crippen molar-refractivity contribution in [2.75, 3.05) is 5.32 Å². The Morgan fingerprint density at radius 1 is 1.33 bits per heavy atom. The van der Waals surface area contributed by atoms with Crippen LogP contribution in [0.15, 0.2) is 40.9 Å². The summed E-state index contributed by atoms with van der Waals surface area (Å²) in [6.45, 7) is 2.01. The number of aryl methyl sites for hydroxylation is 2. The maximum Gasteiger partial charge on any atom is 0.152 e. The van der Waals surface area contributed by atoms with E-state index in [0.717, 1.165) is 32.5 Å². The van der Waals surface area contributed by atoms with Crippen LogP contribution in [0.25, 0.3) is 10.4 Å². The predicted octanol–water partition coefficient (Wildman–Crippen LogP) is 3.56. The van der Waals surface area contributed by atoms with Crippen LogP contribution in [0.2, 0.25) is 0 Å². The van der Waals surface area contributed by atoms with Crippen LogP contribution in [-0.2, 0) is 7.05 Å². The first-order valence-corrected chi connectivity index (χ1v) is 8.11. The monoisotopic (exact) mass is 317 g/mol. The zero-order chi connectivity index (χ0) is 14.8. The third kappa shape index (κ3) is 2.94. The second-order valence-electron chi connectivity index (χ2n) is 4.60. The topological polar surface area (TPSA) is 68.8 Å². The maximum absolute atomic E-state index is 5.83. The lowest BCUT2D eigenvalue weighted by Crippen LogP contribution is -1.95. The molecule has 0 aliphatic carbocycles. The van der Waals surface area contributed by atoms with Crippen LogP contribution in [0.5, 0.6) is 0 Å². The molecule has 21 heavy (non-hydrogen) atoms. The summed E-state index contributed by atoms with van der Waals surface area (Å²) in [7, 11) is 1.89. The molecule has 1 aromatic carbocycles. The number of thiazole rings is 1. The molecule has 2 aromatic heterocycles. The molecule has 0 spiro atoms. The molecule has 0 fully saturated rings. The first-order chi connectivity index (χ1) is 10.2. The molecule has 0 unspecified atom stereocenters. The molecule has 108 valence electrons. The molecule has 0 bridgehead atoms. The summed E-state index contributed by atoms with van der Waals surface area (Å²) in [5.74, 6) is 0.812. The molecule has 3 aromatic rings. The summed E-state index contributed by atoms with van der Waals surface area (Å²) in [6, 6.07) is 8.06. The van der Waals surface area contributed by atoms with Gasteiger partial charge >= 0.3 is 0 Å². The van der Waals surface area contributed by atoms with Gasteiger partial charge in [-0.15, -0.1) is 11.3 Å². The first kappa shape index (κ1) is 14.1. The first-order valence-electron chi connectivity index (χ1n) is 6.35. The van der Waals surface area contributed by atoms with E-state index in [1.54, 1.807) is 16.0 Å². The van der Waals surface area contributed by atoms with E-state index in [1.165, 1.54) is 11.9 Å². The van der Waals surface area contributed by atoms with Crippen LogP contribution in [0.3, 0.4) is 0 Å². The Bertz CT molecular complexity index is 762. The average Bonchev–Trinajstić information content (AvgIpc) is 3.07. The number of nitrogens with one attached hydrogen (secondary N) is 1. The summed E-state index contributed by atoms with van der Waals surface area (Å²) >= 11 is 2.87. The summed E-state index contributed by atoms with van der Waals surface area (Å²) in [5.41, 5.74) is 4.97. The number of benzene rings is 1. The van der Waals surface area contributed by atoms with Gasteiger partial charge < -0.3 is 5.32 Å². The lowest BCUT2D eigenvalue weighted by Gasteiger charge is -2.09. The number of rotatable bonds is 4. The standard InChI is InChI=1S/C14H15N5S2/c1-9-14(20-8-16-9)11-4-3-10(7-12(11)21-15)17-13-5-6-19(2)18-13/h3-8H,15H2,1-2H3,(H,17,18). The molecular formula is C14H15N5S2. The van der Waals surface area contributed by atoms with E-state index in [4.69, 9.17) is 5.14 Å². The lowest BCUT2D eigenvalue weighted by molar-refractivity contribution is 0.771. The third-order valence-electron chi connectivity index (χ3n) is 3.08. The predicted molar refractivity (Wildman–Crippen MR) is 88.8 cm³/mol. The van der Waals surface area contributed by atoms with E-state index in [2.05, 4.69) is 21.5 Å². The Morgan fingerprint density at radius 3 is 2.81 bits per heavy atom. The maximum atomic E-state index is 5.83. The Labute approximate surface area is 131 Å². The quantitative estimate of drug-likeness (QED) is 0.720. The number of nitrogens with zero attached hydrogens (tertiary/aromatic N) is 3. The van der Waals surface area contributed by atoms with Crippen LogP contribution in [0.1, 0.15) is 5.69 Å². The number of hydrogen-bond donors (Lipinski definition) is 2. The molecule has 0 radical (unpaired) electrons. The lowest BCUT2D eigenvalue weighted by atomic mass is 10.1. The summed E-state index contributed by atoms with van der Waals surface area (Å²) in [5, 5.41) is 13.4. The van der Waals surface area contributed by atoms with Crippen molar-refractivity contribution < 1.29 is 0 Å². The fraction of sp³-hybridized carbons (Fsp3) is 0.143. The van der Waals surface area contributed by atoms with Gasteiger partial charge in [0.05, 0.1) is 16.1 Å². The Hall–Kier alpha value is -1.83. The van der Waals surface area contributed by atoms with E-state index in [1.807, 2.05) is 43.9 Å². The summed E-state index contributed by atoms with van der Waals surface area (Å²) in [6.07, 6.45) is 1.90. The van der Waals surface area contributed by atoms with Crippen molar-refractivity contribution in [1.82, 2.24) is 14.8 Å². The molecule has 0 amide bonds. The highest BCUT2D eigenvalue weighted by Crippen LogP contribution is 2.35. The highest BCUT2D eigenvalue weighted by atomic mass is 32.2. The van der Waals surface area contributed by atoms with Crippen molar-refractivity contribution in [3.8, 4) is 10.4 Å². The highest BCUT2D eigenvalue weighted by Gasteiger charge is 2.11. The molecule has 5 nitrogen and oxygen atoms in total. The Morgan fingerprint density at radius 2 is 2.19 bits per heavy atom. The van der Waals surface area contributed by atoms with E-state index in [9.17, 15) is 0 Å². The fourth-order valence-corrected chi connectivity index (χ4v) is 3.48. The van der Waals surface area contributed by atoms with Crippen LogP contribution < -0.4 is 10.5 Å². The van der Waals surface area contributed by atoms with Gasteiger partial charge in [-0.25, -0.2) is 4.98 Å². The number of anilines is 2. The zero-order valence-corrected chi connectivity index (χ0v) is 13.3. The summed E-state index contributed by atoms with van der Waals surface area (Å²) in [4.78, 5) is 6.48. The van der Waals surface area contributed by atoms with Crippen molar-refractivity contribution in [3.63, 3.8) is 0 Å². The fourth-order valence-electron chi connectivity index (χ4n) is 2.08. The van der Waals surface area contributed by atoms with E-state index >= 15 is 0 Å². The van der Waals surface area contributed by atoms with Gasteiger partial charge in [-0.3, -0.25) is 9.82 Å². The molecule has 2 heterocycles. The van der Waals surface area contributed by atoms with Gasteiger partial charge in [0, 0.05) is 35.5 Å². The van der Waals surface area contributed by atoms with Crippen molar-refractivity contribution in [2.45, 2.75) is 11.8 Å². The van der Waals surface area contributed by atoms with Gasteiger partial charge in [-0.05, 0) is 31.0 Å². The summed E-state index contributed by atoms with van der Waals surface area (Å²) < 4.78 is 1.76. The molecule has 3 rings (SSSR count). The normalized spacial score (nSPS) is 10.8. The van der Waals surface area contributed by atoms with Crippen molar-refractivity contribution in [1.29, 1.82) is 0 Å². The van der Waals surface area contributed by atoms with Crippen LogP contribution in [0, 0.1) is 6.92 Å². The van der Waals surface area contributed by atoms with Gasteiger partial charge in [-0.2, -0.15) is 5.10 Å². The molecule has 7 heteroatoms. The van der Waals surface area contributed by atoms with Gasteiger partial charge in [0.1, 0.15) is 0 Å². The largest absolute Gasteiger partial charge is 0.339 e. The van der Waals surface area contributed by atoms with Crippen LogP contribution >= 0.6 is 23.3 Å². The second kappa shape index (κ2) is 5.88. The zero-order valence-electron chi connectivity index (χ0n) is 11.7. The molecule has 0 aliphatic heterocycles.